The third-order valence-electron chi connectivity index (χ3n) is 10.6. The van der Waals surface area contributed by atoms with Gasteiger partial charge in [-0.1, -0.05) is 129 Å². The van der Waals surface area contributed by atoms with Crippen LogP contribution in [0.3, 0.4) is 0 Å². The van der Waals surface area contributed by atoms with E-state index < -0.39 is 5.54 Å². The minimum atomic E-state index is -0.513. The zero-order valence-corrected chi connectivity index (χ0v) is 30.8. The van der Waals surface area contributed by atoms with Crippen molar-refractivity contribution in [1.82, 2.24) is 9.91 Å². The normalized spacial score (nSPS) is 18.3. The fourth-order valence-corrected chi connectivity index (χ4v) is 8.06. The number of rotatable bonds is 10. The molecule has 266 valence electrons. The van der Waals surface area contributed by atoms with Crippen molar-refractivity contribution in [3.8, 4) is 11.1 Å². The number of amidine groups is 1. The van der Waals surface area contributed by atoms with Crippen LogP contribution in [-0.2, 0) is 11.3 Å². The lowest BCUT2D eigenvalue weighted by atomic mass is 9.96. The molecule has 1 aliphatic carbocycles. The average Bonchev–Trinajstić information content (AvgIpc) is 3.86. The summed E-state index contributed by atoms with van der Waals surface area (Å²) in [5, 5.41) is 9.23. The van der Waals surface area contributed by atoms with E-state index in [0.29, 0.717) is 6.54 Å². The van der Waals surface area contributed by atoms with Crippen LogP contribution in [0.25, 0.3) is 11.1 Å². The molecule has 8 rings (SSSR count). The zero-order valence-electron chi connectivity index (χ0n) is 30.0. The van der Waals surface area contributed by atoms with Gasteiger partial charge in [0.2, 0.25) is 0 Å². The minimum Gasteiger partial charge on any atom is -0.294 e. The molecule has 3 aliphatic rings. The number of amides is 1. The van der Waals surface area contributed by atoms with Gasteiger partial charge in [0.25, 0.3) is 5.91 Å². The summed E-state index contributed by atoms with van der Waals surface area (Å²) in [4.78, 5) is 20.9. The predicted molar refractivity (Wildman–Crippen MR) is 215 cm³/mol. The number of anilines is 3. The molecule has 2 aliphatic heterocycles. The number of unbranched alkanes of at least 4 members (excludes halogenated alkanes) is 1. The molecule has 1 amide bonds. The van der Waals surface area contributed by atoms with Crippen LogP contribution in [0.2, 0.25) is 0 Å². The molecule has 5 aromatic carbocycles. The number of carbonyl (C=O) groups excluding carboxylic acids is 1. The van der Waals surface area contributed by atoms with E-state index in [-0.39, 0.29) is 24.5 Å². The Labute approximate surface area is 314 Å². The molecular formula is C44H47ClN6O. The van der Waals surface area contributed by atoms with E-state index in [4.69, 9.17) is 4.99 Å². The smallest absolute Gasteiger partial charge is 0.256 e. The Morgan fingerprint density at radius 2 is 1.25 bits per heavy atom. The van der Waals surface area contributed by atoms with Gasteiger partial charge in [-0.2, -0.15) is 15.2 Å². The third kappa shape index (κ3) is 6.44. The first-order chi connectivity index (χ1) is 25.1. The van der Waals surface area contributed by atoms with Gasteiger partial charge in [0, 0.05) is 19.0 Å². The van der Waals surface area contributed by atoms with Gasteiger partial charge in [-0.25, -0.2) is 5.01 Å². The summed E-state index contributed by atoms with van der Waals surface area (Å²) in [6.45, 7) is 2.76. The Morgan fingerprint density at radius 1 is 0.692 bits per heavy atom. The van der Waals surface area contributed by atoms with Crippen molar-refractivity contribution in [2.75, 3.05) is 22.3 Å². The highest BCUT2D eigenvalue weighted by atomic mass is 35.5. The van der Waals surface area contributed by atoms with Crippen molar-refractivity contribution < 1.29 is 4.79 Å². The van der Waals surface area contributed by atoms with Gasteiger partial charge >= 0.3 is 0 Å². The molecule has 1 unspecified atom stereocenters. The Bertz CT molecular complexity index is 1980. The van der Waals surface area contributed by atoms with Gasteiger partial charge < -0.3 is 0 Å². The SMILES string of the molecule is CCCCC1=NC2(CCCC2)C(=O)N1Cc1ccc(-c2ccccc2C2N(C)N(c3ccccc3)N(c3ccccc3)N2c2ccccc2)cc1.Cl. The lowest BCUT2D eigenvalue weighted by Gasteiger charge is -2.37. The number of hydrogen-bond acceptors (Lipinski definition) is 6. The van der Waals surface area contributed by atoms with Crippen LogP contribution in [0.15, 0.2) is 145 Å². The number of carbonyl (C=O) groups is 1. The van der Waals surface area contributed by atoms with Crippen molar-refractivity contribution in [2.45, 2.75) is 70.1 Å². The molecular weight excluding hydrogens is 664 g/mol. The summed E-state index contributed by atoms with van der Waals surface area (Å²) < 4.78 is 0. The number of nitrogens with zero attached hydrogens (tertiary/aromatic N) is 6. The number of para-hydroxylation sites is 3. The Morgan fingerprint density at radius 3 is 1.87 bits per heavy atom. The lowest BCUT2D eigenvalue weighted by molar-refractivity contribution is -0.131. The van der Waals surface area contributed by atoms with Crippen LogP contribution in [0, 0.1) is 0 Å². The average molecular weight is 711 g/mol. The van der Waals surface area contributed by atoms with Gasteiger partial charge in [0.1, 0.15) is 17.5 Å². The summed E-state index contributed by atoms with van der Waals surface area (Å²) in [7, 11) is 2.16. The van der Waals surface area contributed by atoms with Gasteiger partial charge in [-0.3, -0.25) is 14.7 Å². The molecule has 0 N–H and O–H groups in total. The fourth-order valence-electron chi connectivity index (χ4n) is 8.06. The molecule has 2 heterocycles. The summed E-state index contributed by atoms with van der Waals surface area (Å²) in [5.41, 5.74) is 7.29. The van der Waals surface area contributed by atoms with Gasteiger partial charge in [0.05, 0.1) is 23.6 Å². The number of hydrogen-bond donors (Lipinski definition) is 0. The largest absolute Gasteiger partial charge is 0.294 e. The Kier molecular flexibility index (Phi) is 10.3. The van der Waals surface area contributed by atoms with E-state index in [0.717, 1.165) is 84.5 Å². The van der Waals surface area contributed by atoms with E-state index in [2.05, 4.69) is 174 Å². The lowest BCUT2D eigenvalue weighted by Crippen LogP contribution is -2.47. The molecule has 5 aromatic rings. The van der Waals surface area contributed by atoms with Gasteiger partial charge in [-0.05, 0) is 72.4 Å². The predicted octanol–water partition coefficient (Wildman–Crippen LogP) is 10.2. The van der Waals surface area contributed by atoms with Gasteiger partial charge in [-0.15, -0.1) is 12.4 Å². The van der Waals surface area contributed by atoms with Crippen molar-refractivity contribution in [3.05, 3.63) is 151 Å². The first-order valence-corrected chi connectivity index (χ1v) is 18.4. The maximum atomic E-state index is 13.8. The number of hydrazine groups is 3. The molecule has 1 spiro atoms. The second kappa shape index (κ2) is 15.2. The molecule has 1 saturated carbocycles. The van der Waals surface area contributed by atoms with Crippen LogP contribution in [0.4, 0.5) is 17.1 Å². The molecule has 1 atom stereocenters. The highest BCUT2D eigenvalue weighted by Crippen LogP contribution is 2.46. The molecule has 8 heteroatoms. The first kappa shape index (κ1) is 35.3. The summed E-state index contributed by atoms with van der Waals surface area (Å²) >= 11 is 0. The van der Waals surface area contributed by atoms with E-state index in [1.807, 2.05) is 4.90 Å². The second-order valence-electron chi connectivity index (χ2n) is 13.9. The van der Waals surface area contributed by atoms with Crippen LogP contribution in [0.1, 0.15) is 69.2 Å². The number of benzene rings is 5. The van der Waals surface area contributed by atoms with Crippen molar-refractivity contribution in [2.24, 2.45) is 4.99 Å². The van der Waals surface area contributed by atoms with Crippen LogP contribution >= 0.6 is 12.4 Å². The molecule has 52 heavy (non-hydrogen) atoms. The topological polar surface area (TPSA) is 45.6 Å². The van der Waals surface area contributed by atoms with Crippen molar-refractivity contribution in [1.29, 1.82) is 0 Å². The monoisotopic (exact) mass is 710 g/mol. The van der Waals surface area contributed by atoms with Crippen LogP contribution in [-0.4, -0.2) is 34.2 Å². The maximum absolute atomic E-state index is 13.8. The highest BCUT2D eigenvalue weighted by Gasteiger charge is 2.49. The molecule has 1 saturated heterocycles. The summed E-state index contributed by atoms with van der Waals surface area (Å²) in [5.74, 6) is 1.19. The maximum Gasteiger partial charge on any atom is 0.256 e. The fraction of sp³-hybridized carbons (Fsp3) is 0.273. The number of aliphatic imine (C=N–C) groups is 1. The third-order valence-corrected chi connectivity index (χ3v) is 10.6. The van der Waals surface area contributed by atoms with Crippen molar-refractivity contribution >= 4 is 41.2 Å². The Hall–Kier alpha value is -5.11. The Balaban J connectivity index is 0.00000420. The first-order valence-electron chi connectivity index (χ1n) is 18.4. The molecule has 2 fully saturated rings. The minimum absolute atomic E-state index is 0. The summed E-state index contributed by atoms with van der Waals surface area (Å²) in [6.07, 6.45) is 6.76. The molecule has 0 bridgehead atoms. The van der Waals surface area contributed by atoms with E-state index in [1.54, 1.807) is 0 Å². The van der Waals surface area contributed by atoms with E-state index in [9.17, 15) is 4.79 Å². The van der Waals surface area contributed by atoms with Crippen LogP contribution in [0.5, 0.6) is 0 Å². The van der Waals surface area contributed by atoms with Crippen molar-refractivity contribution in [3.63, 3.8) is 0 Å². The molecule has 7 nitrogen and oxygen atoms in total. The number of halogens is 1. The second-order valence-corrected chi connectivity index (χ2v) is 13.9. The van der Waals surface area contributed by atoms with Gasteiger partial charge in [0.15, 0.2) is 0 Å². The molecule has 0 radical (unpaired) electrons. The standard InChI is InChI=1S/C44H46N6O.ClH/c1-3-4-26-41-45-44(31-16-17-32-44)43(51)47(41)33-34-27-29-35(30-28-34)39-24-14-15-25-40(39)42-46(2)49(37-20-10-6-11-21-37)50(38-22-12-7-13-23-38)48(42)36-18-8-5-9-19-36;/h5-15,18-25,27-30,42H,3-4,16-17,26,31-33H2,1-2H3;1H. The zero-order chi connectivity index (χ0) is 34.8. The van der Waals surface area contributed by atoms with Crippen LogP contribution < -0.4 is 15.2 Å². The van der Waals surface area contributed by atoms with E-state index >= 15 is 0 Å². The summed E-state index contributed by atoms with van der Waals surface area (Å²) in [6, 6.07) is 49.3. The quantitative estimate of drug-likeness (QED) is 0.144. The molecule has 0 aromatic heterocycles. The highest BCUT2D eigenvalue weighted by molar-refractivity contribution is 6.08. The van der Waals surface area contributed by atoms with E-state index in [1.165, 1.54) is 5.56 Å².